The van der Waals surface area contributed by atoms with E-state index in [0.29, 0.717) is 19.3 Å². The maximum atomic E-state index is 12.8. The van der Waals surface area contributed by atoms with E-state index in [-0.39, 0.29) is 37.5 Å². The molecule has 1 atom stereocenters. The van der Waals surface area contributed by atoms with E-state index in [0.717, 1.165) is 89.9 Å². The van der Waals surface area contributed by atoms with E-state index in [9.17, 15) is 14.4 Å². The lowest BCUT2D eigenvalue weighted by Crippen LogP contribution is -2.30. The fourth-order valence-corrected chi connectivity index (χ4v) is 8.91. The number of ether oxygens (including phenoxy) is 3. The molecule has 0 fully saturated rings. The zero-order valence-corrected chi connectivity index (χ0v) is 48.8. The Morgan fingerprint density at radius 2 is 0.527 bits per heavy atom. The van der Waals surface area contributed by atoms with Crippen LogP contribution in [0.25, 0.3) is 0 Å². The number of rotatable bonds is 57. The van der Waals surface area contributed by atoms with Crippen LogP contribution in [0.1, 0.15) is 310 Å². The highest BCUT2D eigenvalue weighted by Crippen LogP contribution is 2.16. The van der Waals surface area contributed by atoms with E-state index in [4.69, 9.17) is 14.2 Å². The van der Waals surface area contributed by atoms with E-state index in [1.54, 1.807) is 0 Å². The van der Waals surface area contributed by atoms with Gasteiger partial charge in [0.05, 0.1) is 0 Å². The summed E-state index contributed by atoms with van der Waals surface area (Å²) in [5.41, 5.74) is 0. The third-order valence-electron chi connectivity index (χ3n) is 13.6. The monoisotopic (exact) mass is 1030 g/mol. The van der Waals surface area contributed by atoms with Crippen LogP contribution in [0.4, 0.5) is 0 Å². The van der Waals surface area contributed by atoms with Crippen LogP contribution >= 0.6 is 0 Å². The minimum Gasteiger partial charge on any atom is -0.462 e. The lowest BCUT2D eigenvalue weighted by molar-refractivity contribution is -0.167. The Kier molecular flexibility index (Phi) is 59.3. The second kappa shape index (κ2) is 62.1. The molecule has 0 saturated carbocycles. The molecule has 0 aromatic heterocycles. The summed E-state index contributed by atoms with van der Waals surface area (Å²) in [7, 11) is 0. The van der Waals surface area contributed by atoms with E-state index in [1.165, 1.54) is 173 Å². The highest BCUT2D eigenvalue weighted by atomic mass is 16.6. The predicted octanol–water partition coefficient (Wildman–Crippen LogP) is 21.5. The number of carbonyl (C=O) groups excluding carboxylic acids is 3. The smallest absolute Gasteiger partial charge is 0.306 e. The minimum atomic E-state index is -0.795. The first-order valence-corrected chi connectivity index (χ1v) is 31.6. The topological polar surface area (TPSA) is 78.9 Å². The van der Waals surface area contributed by atoms with Crippen LogP contribution in [-0.2, 0) is 28.6 Å². The second-order valence-corrected chi connectivity index (χ2v) is 20.9. The highest BCUT2D eigenvalue weighted by Gasteiger charge is 2.19. The van der Waals surface area contributed by atoms with Gasteiger partial charge in [0.25, 0.3) is 0 Å². The Labute approximate surface area is 458 Å². The Bertz CT molecular complexity index is 1420. The summed E-state index contributed by atoms with van der Waals surface area (Å²) in [6, 6.07) is 0. The van der Waals surface area contributed by atoms with Crippen molar-refractivity contribution in [3.8, 4) is 0 Å². The summed E-state index contributed by atoms with van der Waals surface area (Å²) in [5, 5.41) is 0. The van der Waals surface area contributed by atoms with Crippen molar-refractivity contribution in [2.45, 2.75) is 316 Å². The van der Waals surface area contributed by atoms with Crippen molar-refractivity contribution in [2.24, 2.45) is 0 Å². The van der Waals surface area contributed by atoms with Crippen LogP contribution in [0.5, 0.6) is 0 Å². The second-order valence-electron chi connectivity index (χ2n) is 20.9. The molecule has 0 bridgehead atoms. The van der Waals surface area contributed by atoms with Gasteiger partial charge in [-0.15, -0.1) is 0 Å². The van der Waals surface area contributed by atoms with Gasteiger partial charge in [0.15, 0.2) is 6.10 Å². The Morgan fingerprint density at radius 3 is 0.851 bits per heavy atom. The maximum Gasteiger partial charge on any atom is 0.306 e. The number of allylic oxidation sites excluding steroid dienone is 14. The van der Waals surface area contributed by atoms with Crippen molar-refractivity contribution >= 4 is 17.9 Å². The molecule has 0 saturated heterocycles. The van der Waals surface area contributed by atoms with Gasteiger partial charge >= 0.3 is 17.9 Å². The normalized spacial score (nSPS) is 12.6. The largest absolute Gasteiger partial charge is 0.462 e. The Hall–Kier alpha value is -3.41. The molecular formula is C68H118O6. The van der Waals surface area contributed by atoms with Gasteiger partial charge in [-0.1, -0.05) is 279 Å². The molecule has 1 unspecified atom stereocenters. The average Bonchev–Trinajstić information content (AvgIpc) is 3.40. The van der Waals surface area contributed by atoms with Crippen LogP contribution in [0, 0.1) is 0 Å². The molecule has 0 rings (SSSR count). The number of carbonyl (C=O) groups is 3. The lowest BCUT2D eigenvalue weighted by atomic mass is 10.0. The molecule has 0 aliphatic rings. The van der Waals surface area contributed by atoms with Crippen molar-refractivity contribution < 1.29 is 28.6 Å². The zero-order valence-electron chi connectivity index (χ0n) is 48.8. The van der Waals surface area contributed by atoms with Crippen molar-refractivity contribution in [2.75, 3.05) is 13.2 Å². The van der Waals surface area contributed by atoms with Gasteiger partial charge in [-0.25, -0.2) is 0 Å². The van der Waals surface area contributed by atoms with Crippen LogP contribution in [0.2, 0.25) is 0 Å². The maximum absolute atomic E-state index is 12.8. The molecule has 0 aliphatic heterocycles. The fraction of sp³-hybridized carbons (Fsp3) is 0.750. The summed E-state index contributed by atoms with van der Waals surface area (Å²) in [4.78, 5) is 38.1. The number of hydrogen-bond donors (Lipinski definition) is 0. The molecular weight excluding hydrogens is 913 g/mol. The van der Waals surface area contributed by atoms with Gasteiger partial charge < -0.3 is 14.2 Å². The molecule has 0 aromatic rings. The van der Waals surface area contributed by atoms with E-state index < -0.39 is 6.10 Å². The molecule has 0 N–H and O–H groups in total. The van der Waals surface area contributed by atoms with Crippen LogP contribution in [0.3, 0.4) is 0 Å². The number of hydrogen-bond acceptors (Lipinski definition) is 6. The first-order chi connectivity index (χ1) is 36.5. The molecule has 6 nitrogen and oxygen atoms in total. The third kappa shape index (κ3) is 59.5. The van der Waals surface area contributed by atoms with Gasteiger partial charge in [-0.2, -0.15) is 0 Å². The first-order valence-electron chi connectivity index (χ1n) is 31.6. The zero-order chi connectivity index (χ0) is 53.6. The van der Waals surface area contributed by atoms with Crippen LogP contribution in [-0.4, -0.2) is 37.2 Å². The summed E-state index contributed by atoms with van der Waals surface area (Å²) in [5.74, 6) is -0.925. The number of unbranched alkanes of at least 4 members (excludes halogenated alkanes) is 32. The van der Waals surface area contributed by atoms with Crippen molar-refractivity contribution in [1.82, 2.24) is 0 Å². The van der Waals surface area contributed by atoms with Gasteiger partial charge in [-0.05, 0) is 96.3 Å². The summed E-state index contributed by atoms with van der Waals surface area (Å²) in [6.45, 7) is 6.49. The van der Waals surface area contributed by atoms with Gasteiger partial charge in [-0.3, -0.25) is 14.4 Å². The predicted molar refractivity (Wildman–Crippen MR) is 321 cm³/mol. The van der Waals surface area contributed by atoms with E-state index >= 15 is 0 Å². The standard InChI is InChI=1S/C68H118O6/c1-4-7-10-13-16-19-22-24-26-27-28-29-30-31-32-33-34-35-36-37-38-39-40-41-43-44-46-49-52-55-58-61-67(70)73-64-65(63-72-66(69)60-57-54-51-48-21-18-15-12-9-6-3)74-68(71)62-59-56-53-50-47-45-42-25-23-20-17-14-11-8-5-2/h8,11,17,20,22,24-25,27-28,30-31,42,47,50,65H,4-7,9-10,12-16,18-19,21,23,26,29,32-41,43-46,48-49,51-64H2,1-3H3/b11-8-,20-17-,24-22-,28-27-,31-30-,42-25-,50-47-. The molecule has 0 radical (unpaired) electrons. The van der Waals surface area contributed by atoms with Crippen LogP contribution in [0.15, 0.2) is 85.1 Å². The molecule has 0 aliphatic carbocycles. The van der Waals surface area contributed by atoms with Crippen molar-refractivity contribution in [1.29, 1.82) is 0 Å². The van der Waals surface area contributed by atoms with E-state index in [2.05, 4.69) is 106 Å². The van der Waals surface area contributed by atoms with E-state index in [1.807, 2.05) is 0 Å². The van der Waals surface area contributed by atoms with Crippen LogP contribution < -0.4 is 0 Å². The molecule has 0 amide bonds. The molecule has 0 spiro atoms. The van der Waals surface area contributed by atoms with Crippen molar-refractivity contribution in [3.63, 3.8) is 0 Å². The molecule has 6 heteroatoms. The Morgan fingerprint density at radius 1 is 0.284 bits per heavy atom. The molecule has 0 aromatic carbocycles. The lowest BCUT2D eigenvalue weighted by Gasteiger charge is -2.18. The first kappa shape index (κ1) is 70.6. The summed E-state index contributed by atoms with van der Waals surface area (Å²) < 4.78 is 16.8. The highest BCUT2D eigenvalue weighted by molar-refractivity contribution is 5.71. The average molecular weight is 1030 g/mol. The van der Waals surface area contributed by atoms with Gasteiger partial charge in [0.1, 0.15) is 13.2 Å². The van der Waals surface area contributed by atoms with Gasteiger partial charge in [0, 0.05) is 19.3 Å². The molecule has 74 heavy (non-hydrogen) atoms. The quantitative estimate of drug-likeness (QED) is 0.0261. The Balaban J connectivity index is 4.15. The number of esters is 3. The summed E-state index contributed by atoms with van der Waals surface area (Å²) >= 11 is 0. The molecule has 426 valence electrons. The minimum absolute atomic E-state index is 0.0902. The fourth-order valence-electron chi connectivity index (χ4n) is 8.91. The van der Waals surface area contributed by atoms with Crippen molar-refractivity contribution in [3.05, 3.63) is 85.1 Å². The SMILES string of the molecule is CC/C=C\C/C=C\C/C=C\C/C=C\CCCCC(=O)OC(COC(=O)CCCCCCCCCCCC)COC(=O)CCCCCCCCCCCCCCCCCC/C=C\C/C=C\C/C=C\CCCCCCC. The summed E-state index contributed by atoms with van der Waals surface area (Å²) in [6.07, 6.45) is 81.8. The molecule has 0 heterocycles. The van der Waals surface area contributed by atoms with Gasteiger partial charge in [0.2, 0.25) is 0 Å². The third-order valence-corrected chi connectivity index (χ3v) is 13.6.